The minimum absolute atomic E-state index is 0.0925. The van der Waals surface area contributed by atoms with E-state index in [0.29, 0.717) is 6.61 Å². The van der Waals surface area contributed by atoms with E-state index >= 15 is 0 Å². The third kappa shape index (κ3) is 4.31. The van der Waals surface area contributed by atoms with Gasteiger partial charge in [0.25, 0.3) is 0 Å². The number of anilines is 1. The Morgan fingerprint density at radius 3 is 2.72 bits per heavy atom. The van der Waals surface area contributed by atoms with Crippen molar-refractivity contribution in [1.29, 1.82) is 0 Å². The number of benzene rings is 2. The zero-order chi connectivity index (χ0) is 20.2. The molecule has 2 amide bonds. The molecule has 1 fully saturated rings. The summed E-state index contributed by atoms with van der Waals surface area (Å²) in [6.07, 6.45) is 4.35. The minimum atomic E-state index is -0.281. The second-order valence-electron chi connectivity index (χ2n) is 6.99. The molecule has 1 saturated heterocycles. The highest BCUT2D eigenvalue weighted by molar-refractivity contribution is 5.90. The van der Waals surface area contributed by atoms with E-state index in [0.717, 1.165) is 34.4 Å². The molecule has 0 unspecified atom stereocenters. The molecule has 0 radical (unpaired) electrons. The first-order chi connectivity index (χ1) is 14.1. The smallest absolute Gasteiger partial charge is 0.306 e. The minimum Gasteiger partial charge on any atom is -0.306 e. The van der Waals surface area contributed by atoms with Gasteiger partial charge >= 0.3 is 6.03 Å². The fraction of sp³-hybridized carbons (Fsp3) is 0.217. The van der Waals surface area contributed by atoms with Crippen molar-refractivity contribution in [2.75, 3.05) is 11.9 Å². The van der Waals surface area contributed by atoms with Crippen LogP contribution in [0.15, 0.2) is 60.9 Å². The molecule has 0 saturated carbocycles. The van der Waals surface area contributed by atoms with Crippen molar-refractivity contribution < 1.29 is 9.63 Å². The topological polar surface area (TPSA) is 59.4 Å². The monoisotopic (exact) mass is 386 g/mol. The first-order valence-corrected chi connectivity index (χ1v) is 9.49. The number of amides is 2. The van der Waals surface area contributed by atoms with E-state index in [1.54, 1.807) is 10.9 Å². The van der Waals surface area contributed by atoms with Gasteiger partial charge in [-0.3, -0.25) is 9.52 Å². The average Bonchev–Trinajstić information content (AvgIpc) is 3.38. The lowest BCUT2D eigenvalue weighted by atomic mass is 10.1. The van der Waals surface area contributed by atoms with Crippen molar-refractivity contribution >= 4 is 11.7 Å². The van der Waals surface area contributed by atoms with E-state index in [1.165, 1.54) is 5.06 Å². The van der Waals surface area contributed by atoms with Crippen molar-refractivity contribution in [3.63, 3.8) is 0 Å². The van der Waals surface area contributed by atoms with Crippen LogP contribution in [0.2, 0.25) is 0 Å². The van der Waals surface area contributed by atoms with Crippen LogP contribution in [-0.4, -0.2) is 27.5 Å². The molecule has 6 heteroatoms. The molecule has 2 aromatic carbocycles. The highest BCUT2D eigenvalue weighted by atomic mass is 16.7. The van der Waals surface area contributed by atoms with Crippen molar-refractivity contribution in [1.82, 2.24) is 14.8 Å². The van der Waals surface area contributed by atoms with Crippen molar-refractivity contribution in [3.05, 3.63) is 83.2 Å². The van der Waals surface area contributed by atoms with E-state index in [-0.39, 0.29) is 12.1 Å². The van der Waals surface area contributed by atoms with Gasteiger partial charge in [0, 0.05) is 30.9 Å². The highest BCUT2D eigenvalue weighted by Gasteiger charge is 2.31. The fourth-order valence-corrected chi connectivity index (χ4v) is 3.28. The van der Waals surface area contributed by atoms with E-state index in [9.17, 15) is 4.79 Å². The number of nitrogens with zero attached hydrogens (tertiary/aromatic N) is 3. The fourth-order valence-electron chi connectivity index (χ4n) is 3.28. The standard InChI is InChI=1S/C23H22N4O2/c1-17-8-9-18(10-11-19-15-24-26(2)16-19)14-21(17)25-23(28)27-22(12-13-29-27)20-6-4-3-5-7-20/h3-9,14-16,22H,12-13H2,1-2H3,(H,25,28)/t22-/m0/s1. The summed E-state index contributed by atoms with van der Waals surface area (Å²) in [6, 6.07) is 15.3. The Kier molecular flexibility index (Phi) is 5.32. The molecule has 2 heterocycles. The van der Waals surface area contributed by atoms with Crippen LogP contribution in [0.5, 0.6) is 0 Å². The summed E-state index contributed by atoms with van der Waals surface area (Å²) in [5, 5.41) is 8.52. The van der Waals surface area contributed by atoms with Crippen molar-refractivity contribution in [2.24, 2.45) is 7.05 Å². The summed E-state index contributed by atoms with van der Waals surface area (Å²) in [5.74, 6) is 6.20. The SMILES string of the molecule is Cc1ccc(C#Cc2cnn(C)c2)cc1NC(=O)N1OCC[C@H]1c1ccccc1. The van der Waals surface area contributed by atoms with Crippen molar-refractivity contribution in [3.8, 4) is 11.8 Å². The Labute approximate surface area is 170 Å². The summed E-state index contributed by atoms with van der Waals surface area (Å²) in [7, 11) is 1.85. The van der Waals surface area contributed by atoms with E-state index in [2.05, 4.69) is 22.3 Å². The zero-order valence-electron chi connectivity index (χ0n) is 16.4. The molecule has 1 atom stereocenters. The third-order valence-electron chi connectivity index (χ3n) is 4.82. The molecule has 1 N–H and O–H groups in total. The van der Waals surface area contributed by atoms with Gasteiger partial charge < -0.3 is 5.32 Å². The lowest BCUT2D eigenvalue weighted by Gasteiger charge is -2.23. The predicted molar refractivity (Wildman–Crippen MR) is 111 cm³/mol. The predicted octanol–water partition coefficient (Wildman–Crippen LogP) is 4.04. The molecule has 1 aliphatic heterocycles. The van der Waals surface area contributed by atoms with Crippen LogP contribution in [0.4, 0.5) is 10.5 Å². The molecule has 0 bridgehead atoms. The van der Waals surface area contributed by atoms with Gasteiger partial charge in [-0.05, 0) is 30.2 Å². The van der Waals surface area contributed by atoms with Crippen LogP contribution in [0.1, 0.15) is 34.7 Å². The lowest BCUT2D eigenvalue weighted by Crippen LogP contribution is -2.33. The Morgan fingerprint density at radius 1 is 1.17 bits per heavy atom. The molecule has 0 aliphatic carbocycles. The second kappa shape index (κ2) is 8.21. The largest absolute Gasteiger partial charge is 0.346 e. The highest BCUT2D eigenvalue weighted by Crippen LogP contribution is 2.31. The summed E-state index contributed by atoms with van der Waals surface area (Å²) in [4.78, 5) is 18.5. The average molecular weight is 386 g/mol. The number of rotatable bonds is 2. The number of carbonyl (C=O) groups excluding carboxylic acids is 1. The van der Waals surface area contributed by atoms with Crippen LogP contribution in [0, 0.1) is 18.8 Å². The first-order valence-electron chi connectivity index (χ1n) is 9.49. The Balaban J connectivity index is 1.51. The number of carbonyl (C=O) groups is 1. The van der Waals surface area contributed by atoms with Crippen LogP contribution >= 0.6 is 0 Å². The zero-order valence-corrected chi connectivity index (χ0v) is 16.4. The van der Waals surface area contributed by atoms with Crippen LogP contribution in [-0.2, 0) is 11.9 Å². The van der Waals surface area contributed by atoms with Crippen LogP contribution < -0.4 is 5.32 Å². The molecule has 6 nitrogen and oxygen atoms in total. The van der Waals surface area contributed by atoms with Crippen molar-refractivity contribution in [2.45, 2.75) is 19.4 Å². The Hall–Kier alpha value is -3.56. The van der Waals surface area contributed by atoms with Gasteiger partial charge in [0.15, 0.2) is 0 Å². The quantitative estimate of drug-likeness (QED) is 0.676. The van der Waals surface area contributed by atoms with Gasteiger partial charge in [0.05, 0.1) is 24.4 Å². The van der Waals surface area contributed by atoms with Gasteiger partial charge in [-0.1, -0.05) is 48.2 Å². The molecule has 3 aromatic rings. The maximum absolute atomic E-state index is 12.9. The first kappa shape index (κ1) is 18.8. The number of aryl methyl sites for hydroxylation is 2. The molecular weight excluding hydrogens is 364 g/mol. The Morgan fingerprint density at radius 2 is 1.97 bits per heavy atom. The molecule has 1 aliphatic rings. The number of nitrogens with one attached hydrogen (secondary N) is 1. The summed E-state index contributed by atoms with van der Waals surface area (Å²) in [5.41, 5.74) is 4.40. The van der Waals surface area contributed by atoms with E-state index in [1.807, 2.05) is 68.7 Å². The molecule has 4 rings (SSSR count). The van der Waals surface area contributed by atoms with Gasteiger partial charge in [-0.2, -0.15) is 10.2 Å². The van der Waals surface area contributed by atoms with Crippen LogP contribution in [0.3, 0.4) is 0 Å². The van der Waals surface area contributed by atoms with Crippen LogP contribution in [0.25, 0.3) is 0 Å². The third-order valence-corrected chi connectivity index (χ3v) is 4.82. The molecule has 146 valence electrons. The maximum Gasteiger partial charge on any atom is 0.346 e. The lowest BCUT2D eigenvalue weighted by molar-refractivity contribution is -0.0829. The maximum atomic E-state index is 12.9. The molecule has 0 spiro atoms. The van der Waals surface area contributed by atoms with Gasteiger partial charge in [0.2, 0.25) is 0 Å². The number of aromatic nitrogens is 2. The molecule has 29 heavy (non-hydrogen) atoms. The Bertz CT molecular complexity index is 1080. The summed E-state index contributed by atoms with van der Waals surface area (Å²) < 4.78 is 1.71. The van der Waals surface area contributed by atoms with Gasteiger partial charge in [-0.15, -0.1) is 0 Å². The number of hydroxylamine groups is 2. The van der Waals surface area contributed by atoms with E-state index in [4.69, 9.17) is 4.84 Å². The summed E-state index contributed by atoms with van der Waals surface area (Å²) >= 11 is 0. The normalized spacial score (nSPS) is 15.7. The second-order valence-corrected chi connectivity index (χ2v) is 6.99. The molecular formula is C23H22N4O2. The number of hydrogen-bond acceptors (Lipinski definition) is 3. The van der Waals surface area contributed by atoms with Gasteiger partial charge in [-0.25, -0.2) is 4.79 Å². The van der Waals surface area contributed by atoms with Gasteiger partial charge in [0.1, 0.15) is 0 Å². The summed E-state index contributed by atoms with van der Waals surface area (Å²) in [6.45, 7) is 2.47. The van der Waals surface area contributed by atoms with E-state index < -0.39 is 0 Å². The number of hydrogen-bond donors (Lipinski definition) is 1. The molecule has 1 aromatic heterocycles. The number of urea groups is 1.